The highest BCUT2D eigenvalue weighted by atomic mass is 19.4. The van der Waals surface area contributed by atoms with Gasteiger partial charge in [-0.05, 0) is 47.5 Å². The lowest BCUT2D eigenvalue weighted by atomic mass is 9.98. The normalized spacial score (nSPS) is 17.3. The van der Waals surface area contributed by atoms with Gasteiger partial charge in [-0.2, -0.15) is 0 Å². The van der Waals surface area contributed by atoms with E-state index < -0.39 is 12.1 Å². The minimum atomic E-state index is -4.87. The summed E-state index contributed by atoms with van der Waals surface area (Å²) in [5, 5.41) is 13.2. The van der Waals surface area contributed by atoms with E-state index in [-0.39, 0.29) is 23.2 Å². The second-order valence-electron chi connectivity index (χ2n) is 7.50. The number of piperazine rings is 1. The van der Waals surface area contributed by atoms with Gasteiger partial charge in [0.1, 0.15) is 17.3 Å². The Morgan fingerprint density at radius 1 is 1.09 bits per heavy atom. The van der Waals surface area contributed by atoms with E-state index in [1.807, 2.05) is 0 Å². The van der Waals surface area contributed by atoms with Crippen LogP contribution in [0.3, 0.4) is 0 Å². The first-order valence-electron chi connectivity index (χ1n) is 10.0. The number of alkyl halides is 3. The molecular formula is C23H21F4N3O2. The fourth-order valence-corrected chi connectivity index (χ4v) is 3.91. The number of pyridine rings is 1. The van der Waals surface area contributed by atoms with Crippen molar-refractivity contribution in [1.29, 1.82) is 0 Å². The lowest BCUT2D eigenvalue weighted by molar-refractivity contribution is -0.274. The summed E-state index contributed by atoms with van der Waals surface area (Å²) in [4.78, 5) is 6.25. The van der Waals surface area contributed by atoms with Gasteiger partial charge >= 0.3 is 6.36 Å². The molecule has 4 rings (SSSR count). The van der Waals surface area contributed by atoms with Gasteiger partial charge in [0.2, 0.25) is 0 Å². The van der Waals surface area contributed by atoms with Crippen LogP contribution >= 0.6 is 0 Å². The van der Waals surface area contributed by atoms with Crippen LogP contribution in [0.5, 0.6) is 11.5 Å². The average molecular weight is 447 g/mol. The minimum absolute atomic E-state index is 0.0413. The number of aromatic hydroxyl groups is 1. The molecule has 1 saturated heterocycles. The smallest absolute Gasteiger partial charge is 0.508 e. The Balaban J connectivity index is 1.68. The fourth-order valence-electron chi connectivity index (χ4n) is 3.91. The number of nitrogens with zero attached hydrogens (tertiary/aromatic N) is 2. The predicted molar refractivity (Wildman–Crippen MR) is 110 cm³/mol. The van der Waals surface area contributed by atoms with Crippen LogP contribution in [0.1, 0.15) is 17.2 Å². The van der Waals surface area contributed by atoms with E-state index >= 15 is 0 Å². The largest absolute Gasteiger partial charge is 0.573 e. The third-order valence-corrected chi connectivity index (χ3v) is 5.37. The zero-order valence-corrected chi connectivity index (χ0v) is 16.9. The van der Waals surface area contributed by atoms with Crippen molar-refractivity contribution in [2.75, 3.05) is 19.6 Å². The molecule has 0 unspecified atom stereocenters. The van der Waals surface area contributed by atoms with Crippen molar-refractivity contribution >= 4 is 0 Å². The third-order valence-electron chi connectivity index (χ3n) is 5.37. The Labute approximate surface area is 182 Å². The fraction of sp³-hybridized carbons (Fsp3) is 0.261. The topological polar surface area (TPSA) is 57.6 Å². The second-order valence-corrected chi connectivity index (χ2v) is 7.50. The van der Waals surface area contributed by atoms with Gasteiger partial charge in [-0.3, -0.25) is 9.88 Å². The number of phenolic OH excluding ortho intramolecular Hbond substituents is 1. The van der Waals surface area contributed by atoms with Crippen LogP contribution in [0.2, 0.25) is 0 Å². The number of halogens is 4. The molecule has 0 saturated carbocycles. The lowest BCUT2D eigenvalue weighted by Gasteiger charge is -2.37. The van der Waals surface area contributed by atoms with Crippen LogP contribution in [0.4, 0.5) is 17.6 Å². The van der Waals surface area contributed by atoms with Crippen molar-refractivity contribution in [3.05, 3.63) is 77.9 Å². The lowest BCUT2D eigenvalue weighted by Crippen LogP contribution is -2.45. The Morgan fingerprint density at radius 3 is 2.62 bits per heavy atom. The van der Waals surface area contributed by atoms with E-state index in [2.05, 4.69) is 19.9 Å². The number of nitrogens with one attached hydrogen (secondary N) is 1. The maximum absolute atomic E-state index is 13.4. The van der Waals surface area contributed by atoms with Crippen molar-refractivity contribution < 1.29 is 27.4 Å². The molecule has 1 aromatic heterocycles. The third kappa shape index (κ3) is 5.17. The summed E-state index contributed by atoms with van der Waals surface area (Å²) >= 11 is 0. The standard InChI is InChI=1S/C23H21F4N3O2/c24-17-3-1-15(2-4-17)21-13-29-9-10-30(21)14-16-7-8-28-12-20(16)19-11-18(31)5-6-22(19)32-23(25,26)27/h1-8,11-12,21,29,31H,9-10,13-14H2/t21-/m1/s1. The first-order chi connectivity index (χ1) is 15.3. The SMILES string of the molecule is Oc1ccc(OC(F)(F)F)c(-c2cnccc2CN2CCNC[C@@H]2c2ccc(F)cc2)c1. The summed E-state index contributed by atoms with van der Waals surface area (Å²) in [6.45, 7) is 2.51. The Bertz CT molecular complexity index is 1070. The summed E-state index contributed by atoms with van der Waals surface area (Å²) < 4.78 is 56.4. The number of hydrogen-bond donors (Lipinski definition) is 2. The van der Waals surface area contributed by atoms with E-state index in [4.69, 9.17) is 0 Å². The quantitative estimate of drug-likeness (QED) is 0.559. The summed E-state index contributed by atoms with van der Waals surface area (Å²) in [5.74, 6) is -0.919. The summed E-state index contributed by atoms with van der Waals surface area (Å²) in [6.07, 6.45) is -1.84. The van der Waals surface area contributed by atoms with Gasteiger partial charge in [0.25, 0.3) is 0 Å². The van der Waals surface area contributed by atoms with Gasteiger partial charge in [-0.25, -0.2) is 4.39 Å². The van der Waals surface area contributed by atoms with Crippen molar-refractivity contribution in [2.24, 2.45) is 0 Å². The zero-order valence-electron chi connectivity index (χ0n) is 16.9. The first-order valence-corrected chi connectivity index (χ1v) is 10.0. The van der Waals surface area contributed by atoms with E-state index in [0.717, 1.165) is 29.8 Å². The number of benzene rings is 2. The van der Waals surface area contributed by atoms with Gasteiger partial charge in [0.05, 0.1) is 0 Å². The number of aromatic nitrogens is 1. The van der Waals surface area contributed by atoms with E-state index in [1.165, 1.54) is 24.4 Å². The molecule has 0 spiro atoms. The number of phenols is 1. The monoisotopic (exact) mass is 447 g/mol. The Morgan fingerprint density at radius 2 is 1.88 bits per heavy atom. The molecule has 0 amide bonds. The molecule has 1 aliphatic rings. The summed E-state index contributed by atoms with van der Waals surface area (Å²) in [7, 11) is 0. The predicted octanol–water partition coefficient (Wildman–Crippen LogP) is 4.64. The van der Waals surface area contributed by atoms with Gasteiger partial charge in [-0.15, -0.1) is 13.2 Å². The summed E-state index contributed by atoms with van der Waals surface area (Å²) in [5.41, 5.74) is 2.19. The molecule has 0 bridgehead atoms. The van der Waals surface area contributed by atoms with Gasteiger partial charge < -0.3 is 15.2 Å². The van der Waals surface area contributed by atoms with Crippen molar-refractivity contribution in [2.45, 2.75) is 18.9 Å². The minimum Gasteiger partial charge on any atom is -0.508 e. The van der Waals surface area contributed by atoms with E-state index in [9.17, 15) is 22.7 Å². The Hall–Kier alpha value is -3.17. The second kappa shape index (κ2) is 9.13. The number of hydrogen-bond acceptors (Lipinski definition) is 5. The first kappa shape index (κ1) is 22.0. The molecule has 5 nitrogen and oxygen atoms in total. The Kier molecular flexibility index (Phi) is 6.29. The molecule has 2 N–H and O–H groups in total. The molecule has 3 aromatic rings. The molecule has 2 aromatic carbocycles. The van der Waals surface area contributed by atoms with Crippen molar-refractivity contribution in [1.82, 2.24) is 15.2 Å². The summed E-state index contributed by atoms with van der Waals surface area (Å²) in [6, 6.07) is 11.4. The molecule has 9 heteroatoms. The van der Waals surface area contributed by atoms with Crippen LogP contribution in [-0.4, -0.2) is 41.0 Å². The molecule has 1 fully saturated rings. The zero-order chi connectivity index (χ0) is 22.7. The highest BCUT2D eigenvalue weighted by Crippen LogP contribution is 2.38. The molecule has 0 radical (unpaired) electrons. The maximum Gasteiger partial charge on any atom is 0.573 e. The molecule has 168 valence electrons. The average Bonchev–Trinajstić information content (AvgIpc) is 2.76. The maximum atomic E-state index is 13.4. The van der Waals surface area contributed by atoms with Crippen LogP contribution in [0.25, 0.3) is 11.1 Å². The van der Waals surface area contributed by atoms with Crippen LogP contribution in [0.15, 0.2) is 60.9 Å². The number of ether oxygens (including phenoxy) is 1. The van der Waals surface area contributed by atoms with Crippen molar-refractivity contribution in [3.8, 4) is 22.6 Å². The molecule has 2 heterocycles. The van der Waals surface area contributed by atoms with Gasteiger partial charge in [-0.1, -0.05) is 12.1 Å². The number of rotatable bonds is 5. The van der Waals surface area contributed by atoms with Crippen LogP contribution < -0.4 is 10.1 Å². The van der Waals surface area contributed by atoms with E-state index in [0.29, 0.717) is 25.2 Å². The highest BCUT2D eigenvalue weighted by molar-refractivity contribution is 5.74. The van der Waals surface area contributed by atoms with Crippen molar-refractivity contribution in [3.63, 3.8) is 0 Å². The van der Waals surface area contributed by atoms with Crippen LogP contribution in [-0.2, 0) is 6.54 Å². The van der Waals surface area contributed by atoms with Gasteiger partial charge in [0, 0.05) is 55.7 Å². The van der Waals surface area contributed by atoms with E-state index in [1.54, 1.807) is 24.4 Å². The molecule has 1 atom stereocenters. The molecule has 0 aliphatic carbocycles. The molecule has 1 aliphatic heterocycles. The van der Waals surface area contributed by atoms with Gasteiger partial charge in [0.15, 0.2) is 0 Å². The highest BCUT2D eigenvalue weighted by Gasteiger charge is 2.33. The molecular weight excluding hydrogens is 426 g/mol. The molecule has 32 heavy (non-hydrogen) atoms. The van der Waals surface area contributed by atoms with Crippen LogP contribution in [0, 0.1) is 5.82 Å².